The Kier molecular flexibility index (Phi) is 4.37. The van der Waals surface area contributed by atoms with Gasteiger partial charge in [0.05, 0.1) is 13.0 Å². The molecule has 1 aliphatic rings. The zero-order valence-electron chi connectivity index (χ0n) is 11.3. The van der Waals surface area contributed by atoms with Crippen molar-refractivity contribution in [1.82, 2.24) is 5.32 Å². The van der Waals surface area contributed by atoms with Gasteiger partial charge < -0.3 is 15.0 Å². The monoisotopic (exact) mass is 266 g/mol. The quantitative estimate of drug-likeness (QED) is 0.907. The number of carbonyl (C=O) groups is 1. The molecule has 0 bridgehead atoms. The molecule has 104 valence electrons. The minimum absolute atomic E-state index is 0.0242. The van der Waals surface area contributed by atoms with Crippen LogP contribution in [0.25, 0.3) is 0 Å². The molecule has 1 fully saturated rings. The SMILES string of the molecule is COc1ccc(N(C)C(=O)C2CCCNC2)cc1F. The molecule has 0 aliphatic carbocycles. The first-order valence-corrected chi connectivity index (χ1v) is 6.45. The van der Waals surface area contributed by atoms with E-state index in [1.165, 1.54) is 24.1 Å². The van der Waals surface area contributed by atoms with E-state index >= 15 is 0 Å². The fourth-order valence-corrected chi connectivity index (χ4v) is 2.33. The maximum atomic E-state index is 13.6. The van der Waals surface area contributed by atoms with E-state index in [9.17, 15) is 9.18 Å². The fraction of sp³-hybridized carbons (Fsp3) is 0.500. The molecular formula is C14H19FN2O2. The number of nitrogens with zero attached hydrogens (tertiary/aromatic N) is 1. The summed E-state index contributed by atoms with van der Waals surface area (Å²) in [6.45, 7) is 1.66. The molecule has 5 heteroatoms. The number of hydrogen-bond acceptors (Lipinski definition) is 3. The Morgan fingerprint density at radius 2 is 2.32 bits per heavy atom. The zero-order chi connectivity index (χ0) is 13.8. The third kappa shape index (κ3) is 3.04. The van der Waals surface area contributed by atoms with Crippen molar-refractivity contribution in [3.8, 4) is 5.75 Å². The van der Waals surface area contributed by atoms with Crippen LogP contribution in [0.4, 0.5) is 10.1 Å². The van der Waals surface area contributed by atoms with Gasteiger partial charge >= 0.3 is 0 Å². The number of carbonyl (C=O) groups excluding carboxylic acids is 1. The lowest BCUT2D eigenvalue weighted by molar-refractivity contribution is -0.122. The Hall–Kier alpha value is -1.62. The molecule has 1 aliphatic heterocycles. The number of ether oxygens (including phenoxy) is 1. The second-order valence-electron chi connectivity index (χ2n) is 4.76. The van der Waals surface area contributed by atoms with Gasteiger partial charge in [0.1, 0.15) is 0 Å². The summed E-state index contributed by atoms with van der Waals surface area (Å²) in [5.41, 5.74) is 0.550. The lowest BCUT2D eigenvalue weighted by atomic mass is 9.98. The van der Waals surface area contributed by atoms with Gasteiger partial charge in [0.25, 0.3) is 0 Å². The van der Waals surface area contributed by atoms with E-state index < -0.39 is 5.82 Å². The molecule has 0 radical (unpaired) electrons. The highest BCUT2D eigenvalue weighted by Gasteiger charge is 2.25. The number of piperidine rings is 1. The average Bonchev–Trinajstić information content (AvgIpc) is 2.46. The number of rotatable bonds is 3. The third-order valence-electron chi connectivity index (χ3n) is 3.50. The standard InChI is InChI=1S/C14H19FN2O2/c1-17(14(18)10-4-3-7-16-9-10)11-5-6-13(19-2)12(15)8-11/h5-6,8,10,16H,3-4,7,9H2,1-2H3. The van der Waals surface area contributed by atoms with Gasteiger partial charge in [-0.1, -0.05) is 0 Å². The highest BCUT2D eigenvalue weighted by Crippen LogP contribution is 2.24. The lowest BCUT2D eigenvalue weighted by Crippen LogP contribution is -2.41. The number of amides is 1. The summed E-state index contributed by atoms with van der Waals surface area (Å²) >= 11 is 0. The van der Waals surface area contributed by atoms with Crippen molar-refractivity contribution in [2.45, 2.75) is 12.8 Å². The van der Waals surface area contributed by atoms with E-state index in [2.05, 4.69) is 5.32 Å². The summed E-state index contributed by atoms with van der Waals surface area (Å²) in [6.07, 6.45) is 1.88. The Morgan fingerprint density at radius 3 is 2.89 bits per heavy atom. The Bertz CT molecular complexity index is 459. The van der Waals surface area contributed by atoms with Gasteiger partial charge in [-0.15, -0.1) is 0 Å². The highest BCUT2D eigenvalue weighted by molar-refractivity contribution is 5.94. The molecule has 4 nitrogen and oxygen atoms in total. The smallest absolute Gasteiger partial charge is 0.231 e. The Labute approximate surface area is 112 Å². The van der Waals surface area contributed by atoms with Crippen LogP contribution < -0.4 is 15.0 Å². The summed E-state index contributed by atoms with van der Waals surface area (Å²) in [5.74, 6) is -0.272. The van der Waals surface area contributed by atoms with Crippen molar-refractivity contribution in [3.05, 3.63) is 24.0 Å². The van der Waals surface area contributed by atoms with Crippen LogP contribution in [0.15, 0.2) is 18.2 Å². The lowest BCUT2D eigenvalue weighted by Gasteiger charge is -2.27. The second-order valence-corrected chi connectivity index (χ2v) is 4.76. The number of nitrogens with one attached hydrogen (secondary N) is 1. The maximum absolute atomic E-state index is 13.6. The Morgan fingerprint density at radius 1 is 1.53 bits per heavy atom. The summed E-state index contributed by atoms with van der Waals surface area (Å²) in [7, 11) is 3.10. The van der Waals surface area contributed by atoms with Gasteiger partial charge in [-0.2, -0.15) is 0 Å². The van der Waals surface area contributed by atoms with Crippen LogP contribution in [0.2, 0.25) is 0 Å². The number of halogens is 1. The molecule has 1 amide bonds. The zero-order valence-corrected chi connectivity index (χ0v) is 11.3. The van der Waals surface area contributed by atoms with Crippen LogP contribution in [0.5, 0.6) is 5.75 Å². The predicted molar refractivity (Wildman–Crippen MR) is 72.0 cm³/mol. The molecule has 19 heavy (non-hydrogen) atoms. The number of anilines is 1. The van der Waals surface area contributed by atoms with Crippen LogP contribution in [0.3, 0.4) is 0 Å². The first kappa shape index (κ1) is 13.8. The van der Waals surface area contributed by atoms with Gasteiger partial charge in [0.15, 0.2) is 11.6 Å². The average molecular weight is 266 g/mol. The largest absolute Gasteiger partial charge is 0.494 e. The molecule has 1 heterocycles. The van der Waals surface area contributed by atoms with Crippen LogP contribution in [0, 0.1) is 11.7 Å². The van der Waals surface area contributed by atoms with E-state index in [-0.39, 0.29) is 17.6 Å². The second kappa shape index (κ2) is 6.02. The van der Waals surface area contributed by atoms with E-state index in [0.29, 0.717) is 12.2 Å². The van der Waals surface area contributed by atoms with Gasteiger partial charge in [-0.3, -0.25) is 4.79 Å². The highest BCUT2D eigenvalue weighted by atomic mass is 19.1. The third-order valence-corrected chi connectivity index (χ3v) is 3.50. The molecule has 2 rings (SSSR count). The fourth-order valence-electron chi connectivity index (χ4n) is 2.33. The van der Waals surface area contributed by atoms with E-state index in [1.54, 1.807) is 13.1 Å². The van der Waals surface area contributed by atoms with Crippen LogP contribution >= 0.6 is 0 Å². The molecular weight excluding hydrogens is 247 g/mol. The normalized spacial score (nSPS) is 19.0. The van der Waals surface area contributed by atoms with Crippen molar-refractivity contribution >= 4 is 11.6 Å². The number of hydrogen-bond donors (Lipinski definition) is 1. The summed E-state index contributed by atoms with van der Waals surface area (Å²) in [4.78, 5) is 13.8. The van der Waals surface area contributed by atoms with E-state index in [4.69, 9.17) is 4.74 Å². The molecule has 1 aromatic carbocycles. The van der Waals surface area contributed by atoms with Crippen molar-refractivity contribution < 1.29 is 13.9 Å². The molecule has 0 aromatic heterocycles. The van der Waals surface area contributed by atoms with E-state index in [1.807, 2.05) is 0 Å². The minimum atomic E-state index is -0.457. The molecule has 1 N–H and O–H groups in total. The van der Waals surface area contributed by atoms with Crippen molar-refractivity contribution in [2.75, 3.05) is 32.1 Å². The van der Waals surface area contributed by atoms with Crippen LogP contribution in [-0.2, 0) is 4.79 Å². The molecule has 1 atom stereocenters. The summed E-state index contributed by atoms with van der Waals surface area (Å²) in [5, 5.41) is 3.21. The summed E-state index contributed by atoms with van der Waals surface area (Å²) in [6, 6.07) is 4.55. The first-order valence-electron chi connectivity index (χ1n) is 6.45. The Balaban J connectivity index is 2.11. The van der Waals surface area contributed by atoms with Crippen molar-refractivity contribution in [1.29, 1.82) is 0 Å². The van der Waals surface area contributed by atoms with Crippen LogP contribution in [0.1, 0.15) is 12.8 Å². The molecule has 0 saturated carbocycles. The molecule has 1 saturated heterocycles. The van der Waals surface area contributed by atoms with Crippen LogP contribution in [-0.4, -0.2) is 33.2 Å². The molecule has 1 unspecified atom stereocenters. The molecule has 1 aromatic rings. The predicted octanol–water partition coefficient (Wildman–Crippen LogP) is 1.80. The number of methoxy groups -OCH3 is 1. The van der Waals surface area contributed by atoms with E-state index in [0.717, 1.165) is 19.4 Å². The minimum Gasteiger partial charge on any atom is -0.494 e. The molecule has 0 spiro atoms. The van der Waals surface area contributed by atoms with Crippen molar-refractivity contribution in [3.63, 3.8) is 0 Å². The number of benzene rings is 1. The van der Waals surface area contributed by atoms with Gasteiger partial charge in [0.2, 0.25) is 5.91 Å². The van der Waals surface area contributed by atoms with Crippen molar-refractivity contribution in [2.24, 2.45) is 5.92 Å². The van der Waals surface area contributed by atoms with Gasteiger partial charge in [0, 0.05) is 25.3 Å². The maximum Gasteiger partial charge on any atom is 0.231 e. The summed E-state index contributed by atoms with van der Waals surface area (Å²) < 4.78 is 18.5. The topological polar surface area (TPSA) is 41.6 Å². The van der Waals surface area contributed by atoms with Gasteiger partial charge in [-0.25, -0.2) is 4.39 Å². The van der Waals surface area contributed by atoms with Gasteiger partial charge in [-0.05, 0) is 31.5 Å². The first-order chi connectivity index (χ1) is 9.13.